The van der Waals surface area contributed by atoms with Crippen LogP contribution in [-0.4, -0.2) is 35.1 Å². The monoisotopic (exact) mass is 338 g/mol. The first-order chi connectivity index (χ1) is 10.9. The van der Waals surface area contributed by atoms with Gasteiger partial charge in [-0.15, -0.1) is 11.3 Å². The fourth-order valence-corrected chi connectivity index (χ4v) is 4.05. The Hall–Kier alpha value is -1.56. The van der Waals surface area contributed by atoms with Crippen LogP contribution in [-0.2, 0) is 4.79 Å². The highest BCUT2D eigenvalue weighted by Gasteiger charge is 2.42. The molecule has 5 nitrogen and oxygen atoms in total. The Kier molecular flexibility index (Phi) is 5.68. The number of rotatable bonds is 6. The number of hydrogen-bond donors (Lipinski definition) is 2. The van der Waals surface area contributed by atoms with Crippen LogP contribution in [0.3, 0.4) is 0 Å². The molecule has 0 aromatic carbocycles. The van der Waals surface area contributed by atoms with Gasteiger partial charge in [0, 0.05) is 18.0 Å². The van der Waals surface area contributed by atoms with Crippen LogP contribution in [0.4, 0.5) is 4.79 Å². The van der Waals surface area contributed by atoms with E-state index >= 15 is 0 Å². The average molecular weight is 338 g/mol. The van der Waals surface area contributed by atoms with E-state index in [-0.39, 0.29) is 18.6 Å². The number of amides is 2. The Labute approximate surface area is 141 Å². The zero-order valence-corrected chi connectivity index (χ0v) is 14.9. The van der Waals surface area contributed by atoms with E-state index in [1.54, 1.807) is 23.2 Å². The SMILES string of the molecule is CCC(CC)C(NC(=O)N1CCC(C)(C(=O)O)C1)c1cccs1. The van der Waals surface area contributed by atoms with Crippen LogP contribution in [0.25, 0.3) is 0 Å². The summed E-state index contributed by atoms with van der Waals surface area (Å²) >= 11 is 1.65. The molecule has 2 atom stereocenters. The molecule has 1 fully saturated rings. The van der Waals surface area contributed by atoms with Gasteiger partial charge < -0.3 is 15.3 Å². The van der Waals surface area contributed by atoms with E-state index in [1.165, 1.54) is 0 Å². The highest BCUT2D eigenvalue weighted by atomic mass is 32.1. The average Bonchev–Trinajstić information content (AvgIpc) is 3.17. The van der Waals surface area contributed by atoms with Crippen molar-refractivity contribution in [2.45, 2.75) is 46.1 Å². The van der Waals surface area contributed by atoms with E-state index in [2.05, 4.69) is 25.2 Å². The first-order valence-electron chi connectivity index (χ1n) is 8.23. The van der Waals surface area contributed by atoms with Crippen LogP contribution in [0.5, 0.6) is 0 Å². The molecule has 1 aromatic rings. The molecule has 1 aliphatic heterocycles. The van der Waals surface area contributed by atoms with Crippen molar-refractivity contribution in [3.05, 3.63) is 22.4 Å². The molecule has 0 saturated carbocycles. The van der Waals surface area contributed by atoms with Crippen molar-refractivity contribution in [3.63, 3.8) is 0 Å². The van der Waals surface area contributed by atoms with Crippen molar-refractivity contribution in [2.75, 3.05) is 13.1 Å². The molecule has 0 spiro atoms. The first kappa shape index (κ1) is 17.8. The summed E-state index contributed by atoms with van der Waals surface area (Å²) in [7, 11) is 0. The number of likely N-dealkylation sites (tertiary alicyclic amines) is 1. The lowest BCUT2D eigenvalue weighted by Gasteiger charge is -2.28. The molecule has 2 N–H and O–H groups in total. The van der Waals surface area contributed by atoms with Crippen LogP contribution < -0.4 is 5.32 Å². The fourth-order valence-electron chi connectivity index (χ4n) is 3.18. The second kappa shape index (κ2) is 7.34. The van der Waals surface area contributed by atoms with Crippen molar-refractivity contribution < 1.29 is 14.7 Å². The van der Waals surface area contributed by atoms with Gasteiger partial charge >= 0.3 is 12.0 Å². The maximum absolute atomic E-state index is 12.6. The van der Waals surface area contributed by atoms with Crippen LogP contribution in [0.2, 0.25) is 0 Å². The molecule has 0 bridgehead atoms. The maximum Gasteiger partial charge on any atom is 0.317 e. The standard InChI is InChI=1S/C17H26N2O3S/c1-4-12(5-2)14(13-7-6-10-23-13)18-16(22)19-9-8-17(3,11-19)15(20)21/h6-7,10,12,14H,4-5,8-9,11H2,1-3H3,(H,18,22)(H,20,21). The number of carboxylic acid groups (broad SMARTS) is 1. The number of carboxylic acids is 1. The van der Waals surface area contributed by atoms with Gasteiger partial charge in [-0.2, -0.15) is 0 Å². The molecular formula is C17H26N2O3S. The summed E-state index contributed by atoms with van der Waals surface area (Å²) in [6.07, 6.45) is 2.49. The van der Waals surface area contributed by atoms with E-state index in [9.17, 15) is 14.7 Å². The van der Waals surface area contributed by atoms with E-state index in [0.29, 0.717) is 18.9 Å². The smallest absolute Gasteiger partial charge is 0.317 e. The number of carbonyl (C=O) groups excluding carboxylic acids is 1. The molecule has 6 heteroatoms. The van der Waals surface area contributed by atoms with Gasteiger partial charge in [0.15, 0.2) is 0 Å². The van der Waals surface area contributed by atoms with E-state index < -0.39 is 11.4 Å². The molecule has 128 valence electrons. The topological polar surface area (TPSA) is 69.6 Å². The summed E-state index contributed by atoms with van der Waals surface area (Å²) in [4.78, 5) is 26.8. The van der Waals surface area contributed by atoms with Gasteiger partial charge in [-0.25, -0.2) is 4.79 Å². The molecule has 1 saturated heterocycles. The number of nitrogens with one attached hydrogen (secondary N) is 1. The molecule has 2 unspecified atom stereocenters. The Morgan fingerprint density at radius 1 is 1.43 bits per heavy atom. The van der Waals surface area contributed by atoms with Gasteiger partial charge in [-0.3, -0.25) is 4.79 Å². The number of hydrogen-bond acceptors (Lipinski definition) is 3. The summed E-state index contributed by atoms with van der Waals surface area (Å²) in [5.74, 6) is -0.450. The lowest BCUT2D eigenvalue weighted by Crippen LogP contribution is -2.43. The molecule has 1 aliphatic rings. The Morgan fingerprint density at radius 3 is 2.61 bits per heavy atom. The Morgan fingerprint density at radius 2 is 2.13 bits per heavy atom. The number of urea groups is 1. The Balaban J connectivity index is 2.08. The zero-order valence-electron chi connectivity index (χ0n) is 14.0. The molecule has 23 heavy (non-hydrogen) atoms. The number of nitrogens with zero attached hydrogens (tertiary/aromatic N) is 1. The molecular weight excluding hydrogens is 312 g/mol. The van der Waals surface area contributed by atoms with Crippen LogP contribution in [0, 0.1) is 11.3 Å². The number of carbonyl (C=O) groups is 2. The van der Waals surface area contributed by atoms with Crippen molar-refractivity contribution in [2.24, 2.45) is 11.3 Å². The highest BCUT2D eigenvalue weighted by molar-refractivity contribution is 7.10. The second-order valence-electron chi connectivity index (χ2n) is 6.56. The zero-order chi connectivity index (χ0) is 17.0. The van der Waals surface area contributed by atoms with Crippen LogP contribution >= 0.6 is 11.3 Å². The summed E-state index contributed by atoms with van der Waals surface area (Å²) in [6, 6.07) is 3.90. The van der Waals surface area contributed by atoms with E-state index in [4.69, 9.17) is 0 Å². The minimum absolute atomic E-state index is 0.00539. The van der Waals surface area contributed by atoms with Gasteiger partial charge in [0.1, 0.15) is 0 Å². The first-order valence-corrected chi connectivity index (χ1v) is 9.11. The molecule has 2 heterocycles. The van der Waals surface area contributed by atoms with Crippen molar-refractivity contribution in [1.29, 1.82) is 0 Å². The summed E-state index contributed by atoms with van der Waals surface area (Å²) in [6.45, 7) is 6.75. The minimum Gasteiger partial charge on any atom is -0.481 e. The van der Waals surface area contributed by atoms with Gasteiger partial charge in [0.05, 0.1) is 11.5 Å². The minimum atomic E-state index is -0.831. The molecule has 2 rings (SSSR count). The van der Waals surface area contributed by atoms with Crippen molar-refractivity contribution in [1.82, 2.24) is 10.2 Å². The lowest BCUT2D eigenvalue weighted by atomic mass is 9.90. The van der Waals surface area contributed by atoms with Crippen LogP contribution in [0.15, 0.2) is 17.5 Å². The van der Waals surface area contributed by atoms with Gasteiger partial charge in [0.2, 0.25) is 0 Å². The third-order valence-electron chi connectivity index (χ3n) is 4.93. The largest absolute Gasteiger partial charge is 0.481 e. The van der Waals surface area contributed by atoms with Crippen molar-refractivity contribution in [3.8, 4) is 0 Å². The predicted octanol–water partition coefficient (Wildman–Crippen LogP) is 3.73. The van der Waals surface area contributed by atoms with Gasteiger partial charge in [0.25, 0.3) is 0 Å². The lowest BCUT2D eigenvalue weighted by molar-refractivity contribution is -0.147. The quantitative estimate of drug-likeness (QED) is 0.830. The molecule has 1 aromatic heterocycles. The molecule has 0 radical (unpaired) electrons. The summed E-state index contributed by atoms with van der Waals surface area (Å²) in [5, 5.41) is 14.5. The Bertz CT molecular complexity index is 542. The number of aliphatic carboxylic acids is 1. The van der Waals surface area contributed by atoms with E-state index in [1.807, 2.05) is 11.4 Å². The fraction of sp³-hybridized carbons (Fsp3) is 0.647. The van der Waals surface area contributed by atoms with E-state index in [0.717, 1.165) is 17.7 Å². The molecule has 0 aliphatic carbocycles. The van der Waals surface area contributed by atoms with Crippen molar-refractivity contribution >= 4 is 23.3 Å². The summed E-state index contributed by atoms with van der Waals surface area (Å²) in [5.41, 5.74) is -0.829. The van der Waals surface area contributed by atoms with Gasteiger partial charge in [-0.05, 0) is 30.7 Å². The molecule has 2 amide bonds. The second-order valence-corrected chi connectivity index (χ2v) is 7.54. The highest BCUT2D eigenvalue weighted by Crippen LogP contribution is 2.33. The number of thiophene rings is 1. The summed E-state index contributed by atoms with van der Waals surface area (Å²) < 4.78 is 0. The predicted molar refractivity (Wildman–Crippen MR) is 91.6 cm³/mol. The maximum atomic E-state index is 12.6. The third-order valence-corrected chi connectivity index (χ3v) is 5.88. The normalized spacial score (nSPS) is 22.3. The third kappa shape index (κ3) is 3.86. The van der Waals surface area contributed by atoms with Gasteiger partial charge in [-0.1, -0.05) is 32.8 Å². The van der Waals surface area contributed by atoms with Crippen LogP contribution in [0.1, 0.15) is 51.0 Å².